The average molecular weight is 316 g/mol. The second-order valence-electron chi connectivity index (χ2n) is 5.68. The molecule has 0 saturated carbocycles. The number of nitrogens with zero attached hydrogens (tertiary/aromatic N) is 1. The Bertz CT molecular complexity index is 691. The van der Waals surface area contributed by atoms with Gasteiger partial charge >= 0.3 is 5.97 Å². The highest BCUT2D eigenvalue weighted by atomic mass is 32.1. The number of hydrogen-bond acceptors (Lipinski definition) is 5. The molecule has 22 heavy (non-hydrogen) atoms. The van der Waals surface area contributed by atoms with Crippen LogP contribution in [0.25, 0.3) is 0 Å². The normalized spacial score (nSPS) is 14.6. The molecule has 0 amide bonds. The number of fused-ring (bicyclic) bond motifs is 1. The number of methoxy groups -OCH3 is 1. The second-order valence-corrected chi connectivity index (χ2v) is 6.82. The number of anilines is 1. The number of thiophene rings is 1. The zero-order valence-electron chi connectivity index (χ0n) is 12.9. The fourth-order valence-electron chi connectivity index (χ4n) is 2.89. The van der Waals surface area contributed by atoms with Crippen LogP contribution in [0.4, 0.5) is 5.00 Å². The molecule has 4 nitrogen and oxygen atoms in total. The number of carbonyl (C=O) groups excluding carboxylic acids is 1. The summed E-state index contributed by atoms with van der Waals surface area (Å²) in [5.41, 5.74) is 10.3. The minimum absolute atomic E-state index is 0.318. The number of esters is 1. The first-order valence-electron chi connectivity index (χ1n) is 7.34. The van der Waals surface area contributed by atoms with E-state index in [1.807, 2.05) is 0 Å². The van der Waals surface area contributed by atoms with Crippen LogP contribution in [0.1, 0.15) is 31.9 Å². The lowest BCUT2D eigenvalue weighted by atomic mass is 10.0. The van der Waals surface area contributed by atoms with E-state index in [9.17, 15) is 4.79 Å². The van der Waals surface area contributed by atoms with E-state index in [0.717, 1.165) is 31.6 Å². The van der Waals surface area contributed by atoms with Crippen molar-refractivity contribution in [1.82, 2.24) is 4.90 Å². The van der Waals surface area contributed by atoms with Crippen molar-refractivity contribution < 1.29 is 9.53 Å². The van der Waals surface area contributed by atoms with E-state index < -0.39 is 0 Å². The van der Waals surface area contributed by atoms with Crippen molar-refractivity contribution in [2.24, 2.45) is 0 Å². The van der Waals surface area contributed by atoms with Crippen molar-refractivity contribution in [3.05, 3.63) is 51.4 Å². The number of benzene rings is 1. The molecule has 2 heterocycles. The molecule has 2 aromatic rings. The maximum Gasteiger partial charge on any atom is 0.341 e. The maximum atomic E-state index is 11.9. The Morgan fingerprint density at radius 2 is 2.09 bits per heavy atom. The Morgan fingerprint density at radius 3 is 2.77 bits per heavy atom. The first kappa shape index (κ1) is 15.1. The van der Waals surface area contributed by atoms with Gasteiger partial charge in [-0.1, -0.05) is 29.8 Å². The molecule has 0 fully saturated rings. The molecule has 5 heteroatoms. The molecule has 1 aliphatic heterocycles. The quantitative estimate of drug-likeness (QED) is 0.885. The maximum absolute atomic E-state index is 11.9. The highest BCUT2D eigenvalue weighted by Crippen LogP contribution is 2.35. The number of hydrogen-bond donors (Lipinski definition) is 1. The van der Waals surface area contributed by atoms with Gasteiger partial charge in [0.15, 0.2) is 0 Å². The predicted octanol–water partition coefficient (Wildman–Crippen LogP) is 2.98. The zero-order valence-corrected chi connectivity index (χ0v) is 13.7. The van der Waals surface area contributed by atoms with Crippen LogP contribution in [0.3, 0.4) is 0 Å². The molecular formula is C17H20N2O2S. The van der Waals surface area contributed by atoms with Gasteiger partial charge in [-0.05, 0) is 24.5 Å². The van der Waals surface area contributed by atoms with Crippen molar-refractivity contribution in [2.45, 2.75) is 26.4 Å². The average Bonchev–Trinajstić information content (AvgIpc) is 2.84. The van der Waals surface area contributed by atoms with E-state index in [1.54, 1.807) is 0 Å². The third kappa shape index (κ3) is 2.87. The Hall–Kier alpha value is -1.85. The minimum atomic E-state index is -0.318. The summed E-state index contributed by atoms with van der Waals surface area (Å²) < 4.78 is 4.85. The summed E-state index contributed by atoms with van der Waals surface area (Å²) in [5, 5.41) is 0.578. The summed E-state index contributed by atoms with van der Waals surface area (Å²) in [7, 11) is 1.40. The SMILES string of the molecule is COC(=O)c1c(N)sc2c1CCN(Cc1ccc(C)cc1)C2. The first-order valence-corrected chi connectivity index (χ1v) is 8.16. The summed E-state index contributed by atoms with van der Waals surface area (Å²) in [6.07, 6.45) is 0.847. The molecule has 0 radical (unpaired) electrons. The summed E-state index contributed by atoms with van der Waals surface area (Å²) >= 11 is 1.51. The van der Waals surface area contributed by atoms with Crippen LogP contribution in [0.5, 0.6) is 0 Å². The van der Waals surface area contributed by atoms with Gasteiger partial charge in [0.2, 0.25) is 0 Å². The van der Waals surface area contributed by atoms with Crippen LogP contribution >= 0.6 is 11.3 Å². The van der Waals surface area contributed by atoms with E-state index in [4.69, 9.17) is 10.5 Å². The van der Waals surface area contributed by atoms with E-state index in [0.29, 0.717) is 10.6 Å². The molecule has 0 spiro atoms. The van der Waals surface area contributed by atoms with Gasteiger partial charge < -0.3 is 10.5 Å². The molecule has 3 rings (SSSR count). The number of carbonyl (C=O) groups is 1. The van der Waals surface area contributed by atoms with Crippen molar-refractivity contribution >= 4 is 22.3 Å². The Morgan fingerprint density at radius 1 is 1.36 bits per heavy atom. The minimum Gasteiger partial charge on any atom is -0.465 e. The fourth-order valence-corrected chi connectivity index (χ4v) is 4.04. The summed E-state index contributed by atoms with van der Waals surface area (Å²) in [4.78, 5) is 15.4. The molecule has 0 unspecified atom stereocenters. The largest absolute Gasteiger partial charge is 0.465 e. The van der Waals surface area contributed by atoms with Crippen LogP contribution < -0.4 is 5.73 Å². The van der Waals surface area contributed by atoms with Gasteiger partial charge in [0, 0.05) is 24.5 Å². The van der Waals surface area contributed by atoms with Gasteiger partial charge in [-0.25, -0.2) is 4.79 Å². The highest BCUT2D eigenvalue weighted by Gasteiger charge is 2.27. The van der Waals surface area contributed by atoms with Crippen LogP contribution in [-0.2, 0) is 24.2 Å². The number of rotatable bonds is 3. The molecule has 0 aliphatic carbocycles. The lowest BCUT2D eigenvalue weighted by Gasteiger charge is -2.27. The van der Waals surface area contributed by atoms with Crippen LogP contribution in [-0.4, -0.2) is 24.5 Å². The van der Waals surface area contributed by atoms with Crippen LogP contribution in [0.2, 0.25) is 0 Å². The molecule has 0 saturated heterocycles. The molecule has 1 aromatic carbocycles. The van der Waals surface area contributed by atoms with Crippen LogP contribution in [0, 0.1) is 6.92 Å². The lowest BCUT2D eigenvalue weighted by molar-refractivity contribution is 0.0600. The van der Waals surface area contributed by atoms with Crippen molar-refractivity contribution in [3.8, 4) is 0 Å². The molecule has 116 valence electrons. The third-order valence-corrected chi connectivity index (χ3v) is 5.13. The van der Waals surface area contributed by atoms with Gasteiger partial charge in [-0.15, -0.1) is 11.3 Å². The Balaban J connectivity index is 1.77. The molecule has 0 atom stereocenters. The Kier molecular flexibility index (Phi) is 4.18. The fraction of sp³-hybridized carbons (Fsp3) is 0.353. The van der Waals surface area contributed by atoms with Crippen LogP contribution in [0.15, 0.2) is 24.3 Å². The van der Waals surface area contributed by atoms with Crippen molar-refractivity contribution in [2.75, 3.05) is 19.4 Å². The molecule has 1 aliphatic rings. The van der Waals surface area contributed by atoms with Gasteiger partial charge in [0.25, 0.3) is 0 Å². The molecule has 0 bridgehead atoms. The smallest absolute Gasteiger partial charge is 0.341 e. The molecular weight excluding hydrogens is 296 g/mol. The monoisotopic (exact) mass is 316 g/mol. The van der Waals surface area contributed by atoms with Crippen molar-refractivity contribution in [3.63, 3.8) is 0 Å². The van der Waals surface area contributed by atoms with E-state index in [2.05, 4.69) is 36.1 Å². The lowest BCUT2D eigenvalue weighted by Crippen LogP contribution is -2.29. The van der Waals surface area contributed by atoms with E-state index in [1.165, 1.54) is 34.5 Å². The van der Waals surface area contributed by atoms with Gasteiger partial charge in [-0.2, -0.15) is 0 Å². The highest BCUT2D eigenvalue weighted by molar-refractivity contribution is 7.16. The van der Waals surface area contributed by atoms with Gasteiger partial charge in [0.05, 0.1) is 12.7 Å². The summed E-state index contributed by atoms with van der Waals surface area (Å²) in [6, 6.07) is 8.63. The number of ether oxygens (including phenoxy) is 1. The van der Waals surface area contributed by atoms with Gasteiger partial charge in [0.1, 0.15) is 5.00 Å². The van der Waals surface area contributed by atoms with E-state index in [-0.39, 0.29) is 5.97 Å². The number of nitrogens with two attached hydrogens (primary N) is 1. The van der Waals surface area contributed by atoms with Gasteiger partial charge in [-0.3, -0.25) is 4.90 Å². The van der Waals surface area contributed by atoms with Crippen molar-refractivity contribution in [1.29, 1.82) is 0 Å². The Labute approximate surface area is 134 Å². The summed E-state index contributed by atoms with van der Waals surface area (Å²) in [6.45, 7) is 4.79. The molecule has 1 aromatic heterocycles. The number of aryl methyl sites for hydroxylation is 1. The summed E-state index contributed by atoms with van der Waals surface area (Å²) in [5.74, 6) is -0.318. The topological polar surface area (TPSA) is 55.6 Å². The zero-order chi connectivity index (χ0) is 15.7. The molecule has 2 N–H and O–H groups in total. The first-order chi connectivity index (χ1) is 10.6. The predicted molar refractivity (Wildman–Crippen MR) is 89.1 cm³/mol. The third-order valence-electron chi connectivity index (χ3n) is 4.08. The van der Waals surface area contributed by atoms with E-state index >= 15 is 0 Å². The number of nitrogen functional groups attached to an aromatic ring is 1. The standard InChI is InChI=1S/C17H20N2O2S/c1-11-3-5-12(6-4-11)9-19-8-7-13-14(10-19)22-16(18)15(13)17(20)21-2/h3-6H,7-10,18H2,1-2H3. The second kappa shape index (κ2) is 6.10.